The highest BCUT2D eigenvalue weighted by atomic mass is 19.1. The zero-order chi connectivity index (χ0) is 12.7. The van der Waals surface area contributed by atoms with Gasteiger partial charge in [0.05, 0.1) is 6.10 Å². The summed E-state index contributed by atoms with van der Waals surface area (Å²) in [5.74, 6) is -0.344. The molecule has 3 nitrogen and oxygen atoms in total. The summed E-state index contributed by atoms with van der Waals surface area (Å²) in [4.78, 5) is 0. The summed E-state index contributed by atoms with van der Waals surface area (Å²) in [5, 5.41) is 21.9. The van der Waals surface area contributed by atoms with Crippen LogP contribution < -0.4 is 5.32 Å². The average molecular weight is 241 g/mol. The van der Waals surface area contributed by atoms with Gasteiger partial charge in [-0.2, -0.15) is 0 Å². The maximum absolute atomic E-state index is 12.9. The van der Waals surface area contributed by atoms with Crippen LogP contribution in [-0.4, -0.2) is 29.4 Å². The van der Waals surface area contributed by atoms with E-state index in [1.807, 2.05) is 6.92 Å². The van der Waals surface area contributed by atoms with Crippen LogP contribution in [-0.2, 0) is 0 Å². The minimum absolute atomic E-state index is 0.127. The predicted molar refractivity (Wildman–Crippen MR) is 65.1 cm³/mol. The molecular formula is C13H20FNO2. The second kappa shape index (κ2) is 7.37. The third-order valence-electron chi connectivity index (χ3n) is 2.80. The number of rotatable bonds is 7. The van der Waals surface area contributed by atoms with Crippen molar-refractivity contribution in [1.82, 2.24) is 5.32 Å². The van der Waals surface area contributed by atoms with Crippen LogP contribution in [0.5, 0.6) is 0 Å². The van der Waals surface area contributed by atoms with Gasteiger partial charge in [-0.3, -0.25) is 0 Å². The zero-order valence-electron chi connectivity index (χ0n) is 10.1. The number of aliphatic hydroxyl groups excluding tert-OH is 2. The minimum atomic E-state index is -0.724. The highest BCUT2D eigenvalue weighted by Crippen LogP contribution is 2.13. The van der Waals surface area contributed by atoms with Crippen LogP contribution in [0.25, 0.3) is 0 Å². The molecule has 1 aromatic rings. The molecule has 0 fully saturated rings. The van der Waals surface area contributed by atoms with Crippen LogP contribution in [0.3, 0.4) is 0 Å². The Bertz CT molecular complexity index is 333. The van der Waals surface area contributed by atoms with Crippen molar-refractivity contribution < 1.29 is 14.6 Å². The molecule has 0 saturated heterocycles. The molecule has 0 heterocycles. The van der Waals surface area contributed by atoms with Gasteiger partial charge in [0.25, 0.3) is 0 Å². The minimum Gasteiger partial charge on any atom is -0.396 e. The lowest BCUT2D eigenvalue weighted by Gasteiger charge is -2.18. The van der Waals surface area contributed by atoms with Gasteiger partial charge in [-0.15, -0.1) is 0 Å². The molecule has 0 aliphatic heterocycles. The Kier molecular flexibility index (Phi) is 6.11. The molecule has 0 amide bonds. The molecule has 1 aromatic carbocycles. The fraction of sp³-hybridized carbons (Fsp3) is 0.538. The van der Waals surface area contributed by atoms with Crippen LogP contribution >= 0.6 is 0 Å². The number of aliphatic hydroxyl groups is 2. The first-order chi connectivity index (χ1) is 8.17. The largest absolute Gasteiger partial charge is 0.396 e. The Morgan fingerprint density at radius 3 is 2.76 bits per heavy atom. The van der Waals surface area contributed by atoms with Crippen LogP contribution in [0.4, 0.5) is 4.39 Å². The van der Waals surface area contributed by atoms with Gasteiger partial charge in [-0.1, -0.05) is 19.1 Å². The molecule has 4 heteroatoms. The second-order valence-corrected chi connectivity index (χ2v) is 4.10. The van der Waals surface area contributed by atoms with Crippen molar-refractivity contribution in [3.8, 4) is 0 Å². The molecule has 2 atom stereocenters. The van der Waals surface area contributed by atoms with Crippen molar-refractivity contribution in [2.45, 2.75) is 31.9 Å². The van der Waals surface area contributed by atoms with Gasteiger partial charge in [0.1, 0.15) is 5.82 Å². The molecule has 0 aliphatic carbocycles. The lowest BCUT2D eigenvalue weighted by molar-refractivity contribution is 0.164. The molecule has 0 saturated carbocycles. The fourth-order valence-electron chi connectivity index (χ4n) is 1.72. The summed E-state index contributed by atoms with van der Waals surface area (Å²) in [6.45, 7) is 2.51. The van der Waals surface area contributed by atoms with Gasteiger partial charge in [-0.05, 0) is 30.5 Å². The fourth-order valence-corrected chi connectivity index (χ4v) is 1.72. The van der Waals surface area contributed by atoms with Crippen molar-refractivity contribution in [2.75, 3.05) is 13.2 Å². The quantitative estimate of drug-likeness (QED) is 0.680. The number of hydrogen-bond acceptors (Lipinski definition) is 3. The molecule has 0 radical (unpaired) electrons. The van der Waals surface area contributed by atoms with Gasteiger partial charge in [0.15, 0.2) is 0 Å². The first-order valence-corrected chi connectivity index (χ1v) is 5.95. The van der Waals surface area contributed by atoms with E-state index in [1.54, 1.807) is 12.1 Å². The monoisotopic (exact) mass is 241 g/mol. The first-order valence-electron chi connectivity index (χ1n) is 5.95. The molecule has 0 spiro atoms. The Hall–Kier alpha value is -0.970. The topological polar surface area (TPSA) is 52.5 Å². The van der Waals surface area contributed by atoms with E-state index in [2.05, 4.69) is 5.32 Å². The van der Waals surface area contributed by atoms with E-state index >= 15 is 0 Å². The molecular weight excluding hydrogens is 221 g/mol. The number of hydrogen-bond donors (Lipinski definition) is 3. The summed E-state index contributed by atoms with van der Waals surface area (Å²) in [6.07, 6.45) is 0.821. The summed E-state index contributed by atoms with van der Waals surface area (Å²) < 4.78 is 12.9. The molecule has 3 N–H and O–H groups in total. The van der Waals surface area contributed by atoms with Gasteiger partial charge in [-0.25, -0.2) is 4.39 Å². The second-order valence-electron chi connectivity index (χ2n) is 4.10. The normalized spacial score (nSPS) is 14.6. The number of halogens is 1. The molecule has 17 heavy (non-hydrogen) atoms. The predicted octanol–water partition coefficient (Wildman–Crippen LogP) is 1.61. The maximum atomic E-state index is 12.9. The van der Waals surface area contributed by atoms with Gasteiger partial charge >= 0.3 is 0 Å². The lowest BCUT2D eigenvalue weighted by atomic mass is 10.1. The van der Waals surface area contributed by atoms with Gasteiger partial charge in [0, 0.05) is 19.2 Å². The number of benzene rings is 1. The highest BCUT2D eigenvalue weighted by molar-refractivity contribution is 5.18. The smallest absolute Gasteiger partial charge is 0.123 e. The van der Waals surface area contributed by atoms with E-state index in [9.17, 15) is 9.50 Å². The molecule has 0 aliphatic rings. The molecule has 1 rings (SSSR count). The SMILES string of the molecule is CCC(CCO)NCC(O)c1cccc(F)c1. The van der Waals surface area contributed by atoms with Crippen LogP contribution in [0.15, 0.2) is 24.3 Å². The Morgan fingerprint density at radius 2 is 2.18 bits per heavy atom. The summed E-state index contributed by atoms with van der Waals surface area (Å²) in [6, 6.07) is 6.15. The molecule has 96 valence electrons. The molecule has 0 bridgehead atoms. The summed E-state index contributed by atoms with van der Waals surface area (Å²) in [5.41, 5.74) is 0.566. The van der Waals surface area contributed by atoms with Crippen molar-refractivity contribution in [2.24, 2.45) is 0 Å². The Balaban J connectivity index is 2.46. The van der Waals surface area contributed by atoms with E-state index in [4.69, 9.17) is 5.11 Å². The molecule has 0 aromatic heterocycles. The maximum Gasteiger partial charge on any atom is 0.123 e. The zero-order valence-corrected chi connectivity index (χ0v) is 10.1. The van der Waals surface area contributed by atoms with Crippen molar-refractivity contribution >= 4 is 0 Å². The third-order valence-corrected chi connectivity index (χ3v) is 2.80. The lowest BCUT2D eigenvalue weighted by Crippen LogP contribution is -2.33. The number of nitrogens with one attached hydrogen (secondary N) is 1. The van der Waals surface area contributed by atoms with Crippen LogP contribution in [0, 0.1) is 5.82 Å². The highest BCUT2D eigenvalue weighted by Gasteiger charge is 2.11. The van der Waals surface area contributed by atoms with E-state index in [-0.39, 0.29) is 18.5 Å². The van der Waals surface area contributed by atoms with Gasteiger partial charge < -0.3 is 15.5 Å². The van der Waals surface area contributed by atoms with Crippen LogP contribution in [0.2, 0.25) is 0 Å². The van der Waals surface area contributed by atoms with Gasteiger partial charge in [0.2, 0.25) is 0 Å². The van der Waals surface area contributed by atoms with Crippen LogP contribution in [0.1, 0.15) is 31.4 Å². The van der Waals surface area contributed by atoms with Crippen molar-refractivity contribution in [3.05, 3.63) is 35.6 Å². The standard InChI is InChI=1S/C13H20FNO2/c1-2-12(6-7-16)15-9-13(17)10-4-3-5-11(14)8-10/h3-5,8,12-13,15-17H,2,6-7,9H2,1H3. The van der Waals surface area contributed by atoms with E-state index < -0.39 is 6.10 Å². The average Bonchev–Trinajstić information content (AvgIpc) is 2.34. The summed E-state index contributed by atoms with van der Waals surface area (Å²) >= 11 is 0. The molecule has 2 unspecified atom stereocenters. The van der Waals surface area contributed by atoms with E-state index in [1.165, 1.54) is 12.1 Å². The van der Waals surface area contributed by atoms with Crippen molar-refractivity contribution in [3.63, 3.8) is 0 Å². The van der Waals surface area contributed by atoms with E-state index in [0.29, 0.717) is 18.5 Å². The van der Waals surface area contributed by atoms with Crippen molar-refractivity contribution in [1.29, 1.82) is 0 Å². The first kappa shape index (κ1) is 14.1. The Labute approximate surface area is 101 Å². The summed E-state index contributed by atoms with van der Waals surface area (Å²) in [7, 11) is 0. The Morgan fingerprint density at radius 1 is 1.41 bits per heavy atom. The third kappa shape index (κ3) is 4.81. The van der Waals surface area contributed by atoms with E-state index in [0.717, 1.165) is 6.42 Å².